The predicted octanol–water partition coefficient (Wildman–Crippen LogP) is 2.71. The number of nitrogens with one attached hydrogen (secondary N) is 2. The average molecular weight is 458 g/mol. The molecule has 0 heterocycles. The lowest BCUT2D eigenvalue weighted by molar-refractivity contribution is -0.124. The third kappa shape index (κ3) is 8.03. The maximum Gasteiger partial charge on any atom is 0.254 e. The highest BCUT2D eigenvalue weighted by Gasteiger charge is 2.20. The predicted molar refractivity (Wildman–Crippen MR) is 125 cm³/mol. The topological polar surface area (TPSA) is 106 Å². The summed E-state index contributed by atoms with van der Waals surface area (Å²) in [7, 11) is 4.56. The summed E-state index contributed by atoms with van der Waals surface area (Å²) in [5.41, 5.74) is 0.939. The summed E-state index contributed by atoms with van der Waals surface area (Å²) in [5.74, 6) is 0.502. The summed E-state index contributed by atoms with van der Waals surface area (Å²) < 4.78 is 15.5. The van der Waals surface area contributed by atoms with Crippen LogP contribution in [-0.2, 0) is 9.59 Å². The second kappa shape index (κ2) is 12.9. The maximum absolute atomic E-state index is 13.1. The van der Waals surface area contributed by atoms with E-state index in [1.165, 1.54) is 19.1 Å². The Labute approximate surface area is 194 Å². The third-order valence-corrected chi connectivity index (χ3v) is 4.82. The molecule has 2 N–H and O–H groups in total. The van der Waals surface area contributed by atoms with Crippen LogP contribution in [0.25, 0.3) is 0 Å². The van der Waals surface area contributed by atoms with Crippen LogP contribution in [0.15, 0.2) is 42.5 Å². The lowest BCUT2D eigenvalue weighted by Crippen LogP contribution is -2.43. The number of carbonyl (C=O) groups excluding carboxylic acids is 3. The molecule has 0 atom stereocenters. The maximum atomic E-state index is 13.1. The monoisotopic (exact) mass is 457 g/mol. The Morgan fingerprint density at radius 2 is 1.45 bits per heavy atom. The zero-order valence-corrected chi connectivity index (χ0v) is 19.5. The van der Waals surface area contributed by atoms with Gasteiger partial charge in [-0.15, -0.1) is 0 Å². The fourth-order valence-electron chi connectivity index (χ4n) is 3.00. The number of nitrogens with zero attached hydrogens (tertiary/aromatic N) is 1. The normalized spacial score (nSPS) is 10.2. The fraction of sp³-hybridized carbons (Fsp3) is 0.375. The second-order valence-electron chi connectivity index (χ2n) is 7.24. The van der Waals surface area contributed by atoms with Crippen LogP contribution in [0.5, 0.6) is 17.2 Å². The van der Waals surface area contributed by atoms with Gasteiger partial charge in [-0.3, -0.25) is 14.4 Å². The molecule has 0 saturated heterocycles. The van der Waals surface area contributed by atoms with Crippen molar-refractivity contribution in [3.63, 3.8) is 0 Å². The van der Waals surface area contributed by atoms with Gasteiger partial charge in [0, 0.05) is 23.9 Å². The lowest BCUT2D eigenvalue weighted by atomic mass is 10.1. The van der Waals surface area contributed by atoms with E-state index < -0.39 is 5.91 Å². The SMILES string of the molecule is CCCCN(CC(=O)NCC(=O)Nc1ccc(OC)cc1)C(=O)c1cc(OC)cc(OC)c1. The van der Waals surface area contributed by atoms with Crippen molar-refractivity contribution in [2.45, 2.75) is 19.8 Å². The van der Waals surface area contributed by atoms with Crippen molar-refractivity contribution in [2.75, 3.05) is 46.3 Å². The van der Waals surface area contributed by atoms with Gasteiger partial charge in [0.15, 0.2) is 0 Å². The van der Waals surface area contributed by atoms with Crippen molar-refractivity contribution in [1.82, 2.24) is 10.2 Å². The molecule has 0 aliphatic carbocycles. The van der Waals surface area contributed by atoms with E-state index in [4.69, 9.17) is 14.2 Å². The minimum Gasteiger partial charge on any atom is -0.497 e. The van der Waals surface area contributed by atoms with E-state index in [1.807, 2.05) is 6.92 Å². The number of rotatable bonds is 12. The molecule has 9 heteroatoms. The summed E-state index contributed by atoms with van der Waals surface area (Å²) in [6, 6.07) is 11.7. The Morgan fingerprint density at radius 3 is 2.00 bits per heavy atom. The van der Waals surface area contributed by atoms with Gasteiger partial charge in [-0.05, 0) is 42.8 Å². The number of amides is 3. The summed E-state index contributed by atoms with van der Waals surface area (Å²) in [6.07, 6.45) is 1.59. The molecule has 0 unspecified atom stereocenters. The smallest absolute Gasteiger partial charge is 0.254 e. The molecule has 178 valence electrons. The highest BCUT2D eigenvalue weighted by Crippen LogP contribution is 2.23. The van der Waals surface area contributed by atoms with Gasteiger partial charge in [-0.1, -0.05) is 13.3 Å². The third-order valence-electron chi connectivity index (χ3n) is 4.82. The summed E-state index contributed by atoms with van der Waals surface area (Å²) in [6.45, 7) is 2.02. The van der Waals surface area contributed by atoms with E-state index in [9.17, 15) is 14.4 Å². The Morgan fingerprint density at radius 1 is 0.848 bits per heavy atom. The van der Waals surface area contributed by atoms with E-state index >= 15 is 0 Å². The van der Waals surface area contributed by atoms with E-state index in [0.29, 0.717) is 35.0 Å². The van der Waals surface area contributed by atoms with Crippen LogP contribution in [0.1, 0.15) is 30.1 Å². The van der Waals surface area contributed by atoms with Crippen molar-refractivity contribution in [3.05, 3.63) is 48.0 Å². The van der Waals surface area contributed by atoms with Gasteiger partial charge in [0.25, 0.3) is 5.91 Å². The summed E-state index contributed by atoms with van der Waals surface area (Å²) in [4.78, 5) is 39.2. The van der Waals surface area contributed by atoms with Gasteiger partial charge in [0.2, 0.25) is 11.8 Å². The van der Waals surface area contributed by atoms with Gasteiger partial charge in [-0.2, -0.15) is 0 Å². The van der Waals surface area contributed by atoms with Gasteiger partial charge in [0.1, 0.15) is 17.2 Å². The first-order chi connectivity index (χ1) is 15.9. The minimum absolute atomic E-state index is 0.172. The molecule has 2 aromatic carbocycles. The second-order valence-corrected chi connectivity index (χ2v) is 7.24. The Kier molecular flexibility index (Phi) is 10.0. The quantitative estimate of drug-likeness (QED) is 0.508. The van der Waals surface area contributed by atoms with E-state index in [1.54, 1.807) is 49.6 Å². The molecule has 2 aromatic rings. The number of hydrogen-bond acceptors (Lipinski definition) is 6. The van der Waals surface area contributed by atoms with Crippen molar-refractivity contribution < 1.29 is 28.6 Å². The van der Waals surface area contributed by atoms with Crippen LogP contribution < -0.4 is 24.8 Å². The average Bonchev–Trinajstić information content (AvgIpc) is 2.84. The number of methoxy groups -OCH3 is 3. The molecule has 0 spiro atoms. The molecular formula is C24H31N3O6. The molecule has 0 radical (unpaired) electrons. The molecular weight excluding hydrogens is 426 g/mol. The van der Waals surface area contributed by atoms with Crippen LogP contribution in [0.4, 0.5) is 5.69 Å². The van der Waals surface area contributed by atoms with E-state index in [-0.39, 0.29) is 24.9 Å². The van der Waals surface area contributed by atoms with Crippen LogP contribution in [0.3, 0.4) is 0 Å². The van der Waals surface area contributed by atoms with Crippen molar-refractivity contribution in [3.8, 4) is 17.2 Å². The molecule has 33 heavy (non-hydrogen) atoms. The minimum atomic E-state index is -0.431. The zero-order chi connectivity index (χ0) is 24.2. The number of anilines is 1. The number of ether oxygens (including phenoxy) is 3. The number of carbonyl (C=O) groups is 3. The lowest BCUT2D eigenvalue weighted by Gasteiger charge is -2.22. The summed E-state index contributed by atoms with van der Waals surface area (Å²) >= 11 is 0. The number of hydrogen-bond donors (Lipinski definition) is 2. The van der Waals surface area contributed by atoms with E-state index in [0.717, 1.165) is 12.8 Å². The molecule has 9 nitrogen and oxygen atoms in total. The molecule has 2 rings (SSSR count). The molecule has 0 bridgehead atoms. The standard InChI is InChI=1S/C24H31N3O6/c1-5-6-11-27(24(30)17-12-20(32-3)14-21(13-17)33-4)16-23(29)25-15-22(28)26-18-7-9-19(31-2)10-8-18/h7-10,12-14H,5-6,11,15-16H2,1-4H3,(H,25,29)(H,26,28). The van der Waals surface area contributed by atoms with Crippen molar-refractivity contribution >= 4 is 23.4 Å². The van der Waals surface area contributed by atoms with E-state index in [2.05, 4.69) is 10.6 Å². The molecule has 0 fully saturated rings. The van der Waals surface area contributed by atoms with Crippen molar-refractivity contribution in [1.29, 1.82) is 0 Å². The highest BCUT2D eigenvalue weighted by atomic mass is 16.5. The molecule has 0 aliphatic heterocycles. The van der Waals surface area contributed by atoms with Gasteiger partial charge in [0.05, 0.1) is 34.4 Å². The first-order valence-corrected chi connectivity index (χ1v) is 10.6. The van der Waals surface area contributed by atoms with Crippen molar-refractivity contribution in [2.24, 2.45) is 0 Å². The van der Waals surface area contributed by atoms with Crippen LogP contribution in [0.2, 0.25) is 0 Å². The molecule has 0 saturated carbocycles. The fourth-order valence-corrected chi connectivity index (χ4v) is 3.00. The number of unbranched alkanes of at least 4 members (excludes halogenated alkanes) is 1. The van der Waals surface area contributed by atoms with Gasteiger partial charge >= 0.3 is 0 Å². The van der Waals surface area contributed by atoms with Crippen LogP contribution in [0, 0.1) is 0 Å². The van der Waals surface area contributed by atoms with Gasteiger partial charge < -0.3 is 29.7 Å². The largest absolute Gasteiger partial charge is 0.497 e. The molecule has 0 aliphatic rings. The molecule has 3 amide bonds. The summed E-state index contributed by atoms with van der Waals surface area (Å²) in [5, 5.41) is 5.26. The Hall–Kier alpha value is -3.75. The molecule has 0 aromatic heterocycles. The number of benzene rings is 2. The van der Waals surface area contributed by atoms with Gasteiger partial charge in [-0.25, -0.2) is 0 Å². The zero-order valence-electron chi connectivity index (χ0n) is 19.5. The Balaban J connectivity index is 1.98. The first kappa shape index (κ1) is 25.5. The Bertz CT molecular complexity index is 923. The highest BCUT2D eigenvalue weighted by molar-refractivity contribution is 5.98. The first-order valence-electron chi connectivity index (χ1n) is 10.6. The van der Waals surface area contributed by atoms with Crippen LogP contribution in [-0.4, -0.2) is 63.6 Å². The van der Waals surface area contributed by atoms with Crippen LogP contribution >= 0.6 is 0 Å².